The topological polar surface area (TPSA) is 99.8 Å². The van der Waals surface area contributed by atoms with E-state index in [0.29, 0.717) is 10.9 Å². The Morgan fingerprint density at radius 2 is 1.69 bits per heavy atom. The lowest BCUT2D eigenvalue weighted by Gasteiger charge is -2.24. The Bertz CT molecular complexity index is 1360. The van der Waals surface area contributed by atoms with E-state index in [9.17, 15) is 14.4 Å². The van der Waals surface area contributed by atoms with Gasteiger partial charge in [-0.15, -0.1) is 0 Å². The molecule has 1 aliphatic rings. The maximum absolute atomic E-state index is 12.7. The van der Waals surface area contributed by atoms with E-state index in [-0.39, 0.29) is 18.5 Å². The molecule has 1 aliphatic carbocycles. The maximum Gasteiger partial charge on any atom is 0.329 e. The predicted molar refractivity (Wildman–Crippen MR) is 111 cm³/mol. The predicted octanol–water partition coefficient (Wildman–Crippen LogP) is 2.36. The molecule has 4 aromatic rings. The Morgan fingerprint density at radius 1 is 1.00 bits per heavy atom. The van der Waals surface area contributed by atoms with Crippen molar-refractivity contribution >= 4 is 27.7 Å². The van der Waals surface area contributed by atoms with Gasteiger partial charge >= 0.3 is 5.69 Å². The average molecular weight is 388 g/mol. The number of rotatable bonds is 3. The monoisotopic (exact) mass is 388 g/mol. The van der Waals surface area contributed by atoms with Crippen LogP contribution >= 0.6 is 0 Å². The van der Waals surface area contributed by atoms with Gasteiger partial charge in [0.1, 0.15) is 6.54 Å². The smallest absolute Gasteiger partial charge is 0.329 e. The fourth-order valence-electron chi connectivity index (χ4n) is 4.29. The summed E-state index contributed by atoms with van der Waals surface area (Å²) >= 11 is 0. The van der Waals surface area contributed by atoms with E-state index in [1.165, 1.54) is 10.9 Å². The van der Waals surface area contributed by atoms with E-state index < -0.39 is 11.2 Å². The first-order chi connectivity index (χ1) is 14.1. The number of aromatic nitrogens is 3. The zero-order valence-electron chi connectivity index (χ0n) is 15.7. The lowest BCUT2D eigenvalue weighted by Crippen LogP contribution is -2.41. The highest BCUT2D eigenvalue weighted by molar-refractivity contribution is 5.85. The molecule has 146 valence electrons. The van der Waals surface area contributed by atoms with Crippen molar-refractivity contribution in [3.8, 4) is 0 Å². The molecule has 0 spiro atoms. The highest BCUT2D eigenvalue weighted by atomic mass is 16.2. The van der Waals surface area contributed by atoms with E-state index in [1.807, 2.05) is 18.2 Å². The van der Waals surface area contributed by atoms with Gasteiger partial charge < -0.3 is 15.3 Å². The SMILES string of the molecule is O=C(Cn1c(=O)[nH]c2ccccc2c1=O)N[C@@H]1CCCc2c1[nH]c1ccccc21. The summed E-state index contributed by atoms with van der Waals surface area (Å²) in [5, 5.41) is 4.57. The Balaban J connectivity index is 1.44. The van der Waals surface area contributed by atoms with E-state index >= 15 is 0 Å². The molecule has 0 fully saturated rings. The number of carbonyl (C=O) groups is 1. The number of aryl methyl sites for hydroxylation is 1. The zero-order valence-corrected chi connectivity index (χ0v) is 15.7. The van der Waals surface area contributed by atoms with Crippen molar-refractivity contribution in [2.45, 2.75) is 31.8 Å². The molecule has 0 bridgehead atoms. The first-order valence-corrected chi connectivity index (χ1v) is 9.72. The van der Waals surface area contributed by atoms with E-state index in [0.717, 1.165) is 35.0 Å². The summed E-state index contributed by atoms with van der Waals surface area (Å²) in [5.74, 6) is -0.357. The molecule has 0 aliphatic heterocycles. The van der Waals surface area contributed by atoms with Gasteiger partial charge in [-0.3, -0.25) is 14.2 Å². The van der Waals surface area contributed by atoms with Crippen molar-refractivity contribution in [1.82, 2.24) is 19.9 Å². The molecule has 2 aromatic heterocycles. The lowest BCUT2D eigenvalue weighted by molar-refractivity contribution is -0.122. The molecular weight excluding hydrogens is 368 g/mol. The molecule has 0 saturated carbocycles. The minimum absolute atomic E-state index is 0.158. The summed E-state index contributed by atoms with van der Waals surface area (Å²) in [5.41, 5.74) is 2.73. The summed E-state index contributed by atoms with van der Waals surface area (Å²) in [7, 11) is 0. The van der Waals surface area contributed by atoms with Crippen LogP contribution in [0.15, 0.2) is 58.1 Å². The Morgan fingerprint density at radius 3 is 2.48 bits per heavy atom. The van der Waals surface area contributed by atoms with Crippen LogP contribution in [0.2, 0.25) is 0 Å². The number of para-hydroxylation sites is 2. The molecule has 1 amide bonds. The second kappa shape index (κ2) is 6.77. The highest BCUT2D eigenvalue weighted by Gasteiger charge is 2.25. The number of benzene rings is 2. The van der Waals surface area contributed by atoms with E-state index in [1.54, 1.807) is 24.3 Å². The molecule has 29 heavy (non-hydrogen) atoms. The van der Waals surface area contributed by atoms with Gasteiger partial charge in [0, 0.05) is 16.6 Å². The summed E-state index contributed by atoms with van der Waals surface area (Å²) in [6.07, 6.45) is 2.75. The molecule has 0 unspecified atom stereocenters. The van der Waals surface area contributed by atoms with Crippen molar-refractivity contribution in [2.75, 3.05) is 0 Å². The standard InChI is InChI=1S/C22H20N4O3/c27-19(12-26-21(28)15-7-2-4-10-17(15)25-22(26)29)23-18-11-5-8-14-13-6-1-3-9-16(13)24-20(14)18/h1-4,6-7,9-10,18,24H,5,8,11-12H2,(H,23,27)(H,25,29)/t18-/m1/s1. The van der Waals surface area contributed by atoms with Crippen molar-refractivity contribution in [3.63, 3.8) is 0 Å². The molecule has 2 heterocycles. The van der Waals surface area contributed by atoms with Crippen LogP contribution in [0.5, 0.6) is 0 Å². The normalized spacial score (nSPS) is 16.1. The van der Waals surface area contributed by atoms with Crippen molar-refractivity contribution < 1.29 is 4.79 Å². The third kappa shape index (κ3) is 2.95. The van der Waals surface area contributed by atoms with Gasteiger partial charge in [-0.05, 0) is 43.0 Å². The van der Waals surface area contributed by atoms with Crippen LogP contribution < -0.4 is 16.6 Å². The van der Waals surface area contributed by atoms with Gasteiger partial charge in [0.25, 0.3) is 5.56 Å². The third-order valence-electron chi connectivity index (χ3n) is 5.64. The Hall–Kier alpha value is -3.61. The molecule has 3 N–H and O–H groups in total. The van der Waals surface area contributed by atoms with Crippen molar-refractivity contribution in [1.29, 1.82) is 0 Å². The van der Waals surface area contributed by atoms with Crippen molar-refractivity contribution in [2.24, 2.45) is 0 Å². The minimum Gasteiger partial charge on any atom is -0.356 e. The summed E-state index contributed by atoms with van der Waals surface area (Å²) in [6, 6.07) is 14.7. The summed E-state index contributed by atoms with van der Waals surface area (Å²) in [6.45, 7) is -0.314. The third-order valence-corrected chi connectivity index (χ3v) is 5.64. The highest BCUT2D eigenvalue weighted by Crippen LogP contribution is 2.34. The molecule has 2 aromatic carbocycles. The molecule has 1 atom stereocenters. The largest absolute Gasteiger partial charge is 0.356 e. The van der Waals surface area contributed by atoms with Crippen LogP contribution in [0.3, 0.4) is 0 Å². The fraction of sp³-hybridized carbons (Fsp3) is 0.227. The quantitative estimate of drug-likeness (QED) is 0.502. The molecule has 0 saturated heterocycles. The van der Waals surface area contributed by atoms with Gasteiger partial charge in [-0.25, -0.2) is 4.79 Å². The minimum atomic E-state index is -0.584. The van der Waals surface area contributed by atoms with Crippen LogP contribution in [-0.2, 0) is 17.8 Å². The van der Waals surface area contributed by atoms with Crippen LogP contribution in [0.25, 0.3) is 21.8 Å². The number of hydrogen-bond donors (Lipinski definition) is 3. The molecule has 5 rings (SSSR count). The molecule has 0 radical (unpaired) electrons. The zero-order chi connectivity index (χ0) is 20.0. The first-order valence-electron chi connectivity index (χ1n) is 9.72. The van der Waals surface area contributed by atoms with Crippen LogP contribution in [0, 0.1) is 0 Å². The molecule has 7 heteroatoms. The second-order valence-corrected chi connectivity index (χ2v) is 7.44. The van der Waals surface area contributed by atoms with E-state index in [4.69, 9.17) is 0 Å². The van der Waals surface area contributed by atoms with Gasteiger partial charge in [0.05, 0.1) is 16.9 Å². The number of aromatic amines is 2. The molecular formula is C22H20N4O3. The average Bonchev–Trinajstić information content (AvgIpc) is 3.11. The van der Waals surface area contributed by atoms with Crippen LogP contribution in [-0.4, -0.2) is 20.4 Å². The van der Waals surface area contributed by atoms with E-state index in [2.05, 4.69) is 21.4 Å². The Labute approximate surface area is 165 Å². The van der Waals surface area contributed by atoms with Gasteiger partial charge in [-0.1, -0.05) is 30.3 Å². The number of amides is 1. The Kier molecular flexibility index (Phi) is 4.08. The summed E-state index contributed by atoms with van der Waals surface area (Å²) < 4.78 is 0.951. The number of hydrogen-bond acceptors (Lipinski definition) is 3. The summed E-state index contributed by atoms with van der Waals surface area (Å²) in [4.78, 5) is 43.8. The van der Waals surface area contributed by atoms with Crippen molar-refractivity contribution in [3.05, 3.63) is 80.6 Å². The van der Waals surface area contributed by atoms with Gasteiger partial charge in [0.15, 0.2) is 0 Å². The molecule has 7 nitrogen and oxygen atoms in total. The lowest BCUT2D eigenvalue weighted by atomic mass is 9.91. The van der Waals surface area contributed by atoms with Gasteiger partial charge in [-0.2, -0.15) is 0 Å². The fourth-order valence-corrected chi connectivity index (χ4v) is 4.29. The maximum atomic E-state index is 12.7. The second-order valence-electron chi connectivity index (χ2n) is 7.44. The number of nitrogens with one attached hydrogen (secondary N) is 3. The van der Waals surface area contributed by atoms with Crippen LogP contribution in [0.1, 0.15) is 30.1 Å². The van der Waals surface area contributed by atoms with Gasteiger partial charge in [0.2, 0.25) is 5.91 Å². The number of nitrogens with zero attached hydrogens (tertiary/aromatic N) is 1. The number of carbonyl (C=O) groups excluding carboxylic acids is 1. The number of H-pyrrole nitrogens is 2. The number of fused-ring (bicyclic) bond motifs is 4. The van der Waals surface area contributed by atoms with Crippen LogP contribution in [0.4, 0.5) is 0 Å². The first kappa shape index (κ1) is 17.5.